The molecule has 0 aromatic heterocycles. The second kappa shape index (κ2) is 6.51. The SMILES string of the molecule is CCOC(=O)C(C)(C)[C@@]1(C(=O)OCC)NC(=O)Oc2ccccc21. The van der Waals surface area contributed by atoms with Crippen LogP contribution in [0, 0.1) is 5.41 Å². The van der Waals surface area contributed by atoms with Crippen LogP contribution >= 0.6 is 0 Å². The van der Waals surface area contributed by atoms with Crippen LogP contribution < -0.4 is 10.1 Å². The van der Waals surface area contributed by atoms with E-state index in [0.29, 0.717) is 5.56 Å². The Balaban J connectivity index is 2.72. The van der Waals surface area contributed by atoms with Gasteiger partial charge in [0.05, 0.1) is 13.2 Å². The first-order valence-electron chi connectivity index (χ1n) is 7.75. The molecular formula is C17H21NO6. The summed E-state index contributed by atoms with van der Waals surface area (Å²) in [5, 5.41) is 2.51. The van der Waals surface area contributed by atoms with Crippen LogP contribution in [-0.4, -0.2) is 31.2 Å². The first-order valence-corrected chi connectivity index (χ1v) is 7.75. The van der Waals surface area contributed by atoms with Crippen LogP contribution in [0.25, 0.3) is 0 Å². The van der Waals surface area contributed by atoms with Crippen molar-refractivity contribution in [1.82, 2.24) is 5.32 Å². The Morgan fingerprint density at radius 3 is 2.42 bits per heavy atom. The zero-order valence-electron chi connectivity index (χ0n) is 14.2. The van der Waals surface area contributed by atoms with Gasteiger partial charge < -0.3 is 14.2 Å². The molecule has 0 saturated heterocycles. The van der Waals surface area contributed by atoms with Crippen LogP contribution in [0.4, 0.5) is 4.79 Å². The van der Waals surface area contributed by atoms with Crippen molar-refractivity contribution in [2.24, 2.45) is 5.41 Å². The Morgan fingerprint density at radius 2 is 1.79 bits per heavy atom. The van der Waals surface area contributed by atoms with Crippen molar-refractivity contribution >= 4 is 18.0 Å². The average molecular weight is 335 g/mol. The molecule has 1 heterocycles. The molecular weight excluding hydrogens is 314 g/mol. The van der Waals surface area contributed by atoms with Gasteiger partial charge in [-0.1, -0.05) is 18.2 Å². The highest BCUT2D eigenvalue weighted by molar-refractivity contribution is 5.97. The number of nitrogens with one attached hydrogen (secondary N) is 1. The third kappa shape index (κ3) is 2.60. The third-order valence-electron chi connectivity index (χ3n) is 4.09. The smallest absolute Gasteiger partial charge is 0.413 e. The number of carbonyl (C=O) groups is 3. The van der Waals surface area contributed by atoms with Crippen molar-refractivity contribution in [2.75, 3.05) is 13.2 Å². The molecule has 1 N–H and O–H groups in total. The van der Waals surface area contributed by atoms with E-state index in [4.69, 9.17) is 14.2 Å². The standard InChI is InChI=1S/C17H21NO6/c1-5-22-13(19)16(3,4)17(14(20)23-6-2)11-9-7-8-10-12(11)24-15(21)18-17/h7-10H,5-6H2,1-4H3,(H,18,21)/t17-/m1/s1. The number of ether oxygens (including phenoxy) is 3. The lowest BCUT2D eigenvalue weighted by Gasteiger charge is -2.45. The van der Waals surface area contributed by atoms with Gasteiger partial charge in [0.15, 0.2) is 5.54 Å². The van der Waals surface area contributed by atoms with Gasteiger partial charge in [0, 0.05) is 5.56 Å². The fourth-order valence-corrected chi connectivity index (χ4v) is 2.82. The molecule has 0 unspecified atom stereocenters. The Morgan fingerprint density at radius 1 is 1.17 bits per heavy atom. The molecule has 0 radical (unpaired) electrons. The lowest BCUT2D eigenvalue weighted by atomic mass is 9.67. The van der Waals surface area contributed by atoms with E-state index in [9.17, 15) is 14.4 Å². The highest BCUT2D eigenvalue weighted by Gasteiger charge is 2.62. The molecule has 0 bridgehead atoms. The minimum absolute atomic E-state index is 0.0956. The van der Waals surface area contributed by atoms with Crippen molar-refractivity contribution in [3.8, 4) is 5.75 Å². The Hall–Kier alpha value is -2.57. The largest absolute Gasteiger partial charge is 0.465 e. The topological polar surface area (TPSA) is 90.9 Å². The Bertz CT molecular complexity index is 669. The van der Waals surface area contributed by atoms with Crippen LogP contribution in [0.1, 0.15) is 33.3 Å². The highest BCUT2D eigenvalue weighted by Crippen LogP contribution is 2.47. The summed E-state index contributed by atoms with van der Waals surface area (Å²) >= 11 is 0. The average Bonchev–Trinajstić information content (AvgIpc) is 2.54. The number of hydrogen-bond acceptors (Lipinski definition) is 6. The molecule has 1 aromatic rings. The normalized spacial score (nSPS) is 19.6. The van der Waals surface area contributed by atoms with E-state index in [1.807, 2.05) is 0 Å². The molecule has 1 amide bonds. The molecule has 0 fully saturated rings. The summed E-state index contributed by atoms with van der Waals surface area (Å²) in [5.74, 6) is -1.17. The maximum Gasteiger partial charge on any atom is 0.413 e. The number of esters is 2. The summed E-state index contributed by atoms with van der Waals surface area (Å²) in [6.07, 6.45) is -0.834. The molecule has 130 valence electrons. The Labute approximate surface area is 140 Å². The predicted octanol–water partition coefficient (Wildman–Crippen LogP) is 2.14. The maximum atomic E-state index is 12.9. The maximum absolute atomic E-state index is 12.9. The number of carbonyl (C=O) groups excluding carboxylic acids is 3. The monoisotopic (exact) mass is 335 g/mol. The minimum Gasteiger partial charge on any atom is -0.465 e. The molecule has 0 aliphatic carbocycles. The van der Waals surface area contributed by atoms with Crippen molar-refractivity contribution < 1.29 is 28.6 Å². The van der Waals surface area contributed by atoms with Crippen LogP contribution in [0.15, 0.2) is 24.3 Å². The van der Waals surface area contributed by atoms with E-state index >= 15 is 0 Å². The first kappa shape index (κ1) is 17.8. The molecule has 1 aliphatic rings. The van der Waals surface area contributed by atoms with Gasteiger partial charge in [-0.3, -0.25) is 10.1 Å². The Kier molecular flexibility index (Phi) is 4.82. The summed E-state index contributed by atoms with van der Waals surface area (Å²) in [7, 11) is 0. The van der Waals surface area contributed by atoms with E-state index in [2.05, 4.69) is 5.32 Å². The molecule has 0 spiro atoms. The minimum atomic E-state index is -1.75. The molecule has 0 saturated carbocycles. The molecule has 1 aliphatic heterocycles. The zero-order valence-corrected chi connectivity index (χ0v) is 14.2. The molecule has 2 rings (SSSR count). The van der Waals surface area contributed by atoms with E-state index < -0.39 is 29.0 Å². The fraction of sp³-hybridized carbons (Fsp3) is 0.471. The van der Waals surface area contributed by atoms with Crippen LogP contribution in [-0.2, 0) is 24.6 Å². The van der Waals surface area contributed by atoms with Crippen molar-refractivity contribution in [3.05, 3.63) is 29.8 Å². The summed E-state index contributed by atoms with van der Waals surface area (Å²) in [6.45, 7) is 6.62. The van der Waals surface area contributed by atoms with Gasteiger partial charge in [0.2, 0.25) is 0 Å². The summed E-state index contributed by atoms with van der Waals surface area (Å²) in [5.41, 5.74) is -2.83. The van der Waals surface area contributed by atoms with Gasteiger partial charge in [-0.05, 0) is 33.8 Å². The zero-order chi connectivity index (χ0) is 18.0. The van der Waals surface area contributed by atoms with Crippen molar-refractivity contribution in [3.63, 3.8) is 0 Å². The van der Waals surface area contributed by atoms with Crippen LogP contribution in [0.2, 0.25) is 0 Å². The van der Waals surface area contributed by atoms with Gasteiger partial charge >= 0.3 is 18.0 Å². The van der Waals surface area contributed by atoms with E-state index in [-0.39, 0.29) is 19.0 Å². The first-order chi connectivity index (χ1) is 11.3. The lowest BCUT2D eigenvalue weighted by Crippen LogP contribution is -2.66. The van der Waals surface area contributed by atoms with Gasteiger partial charge in [-0.25, -0.2) is 9.59 Å². The summed E-state index contributed by atoms with van der Waals surface area (Å²) in [4.78, 5) is 37.5. The number of fused-ring (bicyclic) bond motifs is 1. The van der Waals surface area contributed by atoms with Gasteiger partial charge in [-0.2, -0.15) is 0 Å². The quantitative estimate of drug-likeness (QED) is 0.829. The number of hydrogen-bond donors (Lipinski definition) is 1. The predicted molar refractivity (Wildman–Crippen MR) is 84.3 cm³/mol. The van der Waals surface area contributed by atoms with Crippen LogP contribution in [0.5, 0.6) is 5.75 Å². The van der Waals surface area contributed by atoms with Crippen molar-refractivity contribution in [2.45, 2.75) is 33.2 Å². The third-order valence-corrected chi connectivity index (χ3v) is 4.09. The molecule has 1 aromatic carbocycles. The molecule has 24 heavy (non-hydrogen) atoms. The number of amides is 1. The second-order valence-corrected chi connectivity index (χ2v) is 5.83. The summed E-state index contributed by atoms with van der Waals surface area (Å²) in [6, 6.07) is 6.54. The number of rotatable bonds is 5. The molecule has 7 heteroatoms. The number of para-hydroxylation sites is 1. The molecule has 1 atom stereocenters. The van der Waals surface area contributed by atoms with E-state index in [1.165, 1.54) is 13.8 Å². The lowest BCUT2D eigenvalue weighted by molar-refractivity contribution is -0.172. The highest BCUT2D eigenvalue weighted by atomic mass is 16.6. The van der Waals surface area contributed by atoms with Crippen LogP contribution in [0.3, 0.4) is 0 Å². The van der Waals surface area contributed by atoms with Gasteiger partial charge in [-0.15, -0.1) is 0 Å². The number of benzene rings is 1. The van der Waals surface area contributed by atoms with E-state index in [0.717, 1.165) is 0 Å². The molecule has 7 nitrogen and oxygen atoms in total. The fourth-order valence-electron chi connectivity index (χ4n) is 2.82. The van der Waals surface area contributed by atoms with Crippen molar-refractivity contribution in [1.29, 1.82) is 0 Å². The van der Waals surface area contributed by atoms with E-state index in [1.54, 1.807) is 38.1 Å². The summed E-state index contributed by atoms with van der Waals surface area (Å²) < 4.78 is 15.5. The second-order valence-electron chi connectivity index (χ2n) is 5.83. The van der Waals surface area contributed by atoms with Gasteiger partial charge in [0.25, 0.3) is 0 Å². The van der Waals surface area contributed by atoms with Gasteiger partial charge in [0.1, 0.15) is 11.2 Å².